The van der Waals surface area contributed by atoms with Crippen molar-refractivity contribution < 1.29 is 28.3 Å². The van der Waals surface area contributed by atoms with Crippen molar-refractivity contribution in [1.29, 1.82) is 0 Å². The number of rotatable bonds is 8. The van der Waals surface area contributed by atoms with Gasteiger partial charge in [0.05, 0.1) is 28.6 Å². The van der Waals surface area contributed by atoms with E-state index in [2.05, 4.69) is 0 Å². The summed E-state index contributed by atoms with van der Waals surface area (Å²) in [6.45, 7) is 4.24. The number of amides is 2. The monoisotopic (exact) mass is 511 g/mol. The van der Waals surface area contributed by atoms with E-state index in [4.69, 9.17) is 25.5 Å². The van der Waals surface area contributed by atoms with Crippen molar-refractivity contribution in [2.75, 3.05) is 19.8 Å². The number of carbonyl (C=O) groups is 3. The van der Waals surface area contributed by atoms with Crippen LogP contribution in [0.5, 0.6) is 5.75 Å². The number of esters is 1. The molecular weight excluding hydrogens is 490 g/mol. The predicted octanol–water partition coefficient (Wildman–Crippen LogP) is 6.20. The molecule has 9 heteroatoms. The molecule has 0 atom stereocenters. The Morgan fingerprint density at radius 3 is 2.74 bits per heavy atom. The summed E-state index contributed by atoms with van der Waals surface area (Å²) in [6.07, 6.45) is 1.53. The van der Waals surface area contributed by atoms with Crippen molar-refractivity contribution in [3.8, 4) is 17.1 Å². The van der Waals surface area contributed by atoms with Crippen molar-refractivity contribution >= 4 is 46.6 Å². The lowest BCUT2D eigenvalue weighted by molar-refractivity contribution is -0.123. The summed E-state index contributed by atoms with van der Waals surface area (Å²) in [6, 6.07) is 15.8. The highest BCUT2D eigenvalue weighted by Crippen LogP contribution is 2.34. The van der Waals surface area contributed by atoms with Crippen LogP contribution in [0.15, 0.2) is 63.9 Å². The Morgan fingerprint density at radius 1 is 1.14 bits per heavy atom. The molecule has 7 nitrogen and oxygen atoms in total. The van der Waals surface area contributed by atoms with Crippen LogP contribution < -0.4 is 4.74 Å². The molecule has 1 aliphatic heterocycles. The summed E-state index contributed by atoms with van der Waals surface area (Å²) in [5.41, 5.74) is 1.92. The normalized spacial score (nSPS) is 14.6. The molecule has 1 aromatic heterocycles. The smallest absolute Gasteiger partial charge is 0.339 e. The molecule has 4 rings (SSSR count). The minimum absolute atomic E-state index is 0.140. The zero-order valence-electron chi connectivity index (χ0n) is 19.1. The first-order chi connectivity index (χ1) is 16.9. The molecule has 2 aromatic carbocycles. The quantitative estimate of drug-likeness (QED) is 0.263. The minimum Gasteiger partial charge on any atom is -0.492 e. The number of hydrogen-bond donors (Lipinski definition) is 0. The Morgan fingerprint density at radius 2 is 1.97 bits per heavy atom. The van der Waals surface area contributed by atoms with Crippen LogP contribution in [-0.2, 0) is 9.53 Å². The Kier molecular flexibility index (Phi) is 7.63. The second-order valence-electron chi connectivity index (χ2n) is 7.62. The molecule has 0 bridgehead atoms. The number of imide groups is 1. The van der Waals surface area contributed by atoms with E-state index in [1.165, 1.54) is 6.08 Å². The molecular formula is C26H22ClNO6S. The van der Waals surface area contributed by atoms with E-state index in [0.717, 1.165) is 22.2 Å². The highest BCUT2D eigenvalue weighted by Gasteiger charge is 2.35. The van der Waals surface area contributed by atoms with Crippen LogP contribution in [0, 0.1) is 6.92 Å². The van der Waals surface area contributed by atoms with E-state index in [1.54, 1.807) is 37.3 Å². The summed E-state index contributed by atoms with van der Waals surface area (Å²) < 4.78 is 16.5. The number of ether oxygens (including phenoxy) is 2. The van der Waals surface area contributed by atoms with Gasteiger partial charge in [-0.3, -0.25) is 14.5 Å². The highest BCUT2D eigenvalue weighted by molar-refractivity contribution is 8.18. The number of thioether (sulfide) groups is 1. The van der Waals surface area contributed by atoms with Crippen LogP contribution >= 0.6 is 23.4 Å². The zero-order chi connectivity index (χ0) is 24.9. The summed E-state index contributed by atoms with van der Waals surface area (Å²) in [5.74, 6) is 0.635. The van der Waals surface area contributed by atoms with Crippen LogP contribution in [-0.4, -0.2) is 41.8 Å². The molecule has 1 fully saturated rings. The number of halogens is 1. The molecule has 0 N–H and O–H groups in total. The van der Waals surface area contributed by atoms with Gasteiger partial charge in [0.1, 0.15) is 23.9 Å². The summed E-state index contributed by atoms with van der Waals surface area (Å²) in [4.78, 5) is 38.7. The third kappa shape index (κ3) is 5.78. The minimum atomic E-state index is -0.522. The van der Waals surface area contributed by atoms with E-state index in [9.17, 15) is 14.4 Å². The molecule has 2 heterocycles. The number of carbonyl (C=O) groups excluding carboxylic acids is 3. The maximum atomic E-state index is 12.8. The van der Waals surface area contributed by atoms with E-state index in [0.29, 0.717) is 22.8 Å². The summed E-state index contributed by atoms with van der Waals surface area (Å²) >= 11 is 6.98. The predicted molar refractivity (Wildman–Crippen MR) is 134 cm³/mol. The van der Waals surface area contributed by atoms with Gasteiger partial charge in [-0.15, -0.1) is 0 Å². The van der Waals surface area contributed by atoms with E-state index >= 15 is 0 Å². The molecule has 0 spiro atoms. The maximum absolute atomic E-state index is 12.8. The number of aryl methyl sites for hydroxylation is 1. The van der Waals surface area contributed by atoms with Crippen molar-refractivity contribution in [1.82, 2.24) is 4.90 Å². The Bertz CT molecular complexity index is 1310. The van der Waals surface area contributed by atoms with E-state index in [1.807, 2.05) is 31.2 Å². The first kappa shape index (κ1) is 24.6. The lowest BCUT2D eigenvalue weighted by atomic mass is 10.1. The first-order valence-corrected chi connectivity index (χ1v) is 12.1. The standard InChI is InChI=1S/C26H22ClNO6S/c1-3-32-25(30)20-14-17(7-9-21(20)27)22-10-8-19(34-22)15-23-24(29)28(26(31)35-23)11-12-33-18-6-4-5-16(2)13-18/h4-10,13-15H,3,11-12H2,1-2H3/b23-15-. The van der Waals surface area contributed by atoms with Crippen LogP contribution in [0.3, 0.4) is 0 Å². The number of furan rings is 1. The topological polar surface area (TPSA) is 86.0 Å². The molecule has 0 unspecified atom stereocenters. The van der Waals surface area contributed by atoms with Gasteiger partial charge in [-0.1, -0.05) is 23.7 Å². The lowest BCUT2D eigenvalue weighted by Gasteiger charge is -2.13. The largest absolute Gasteiger partial charge is 0.492 e. The zero-order valence-corrected chi connectivity index (χ0v) is 20.7. The van der Waals surface area contributed by atoms with Gasteiger partial charge in [0.15, 0.2) is 0 Å². The number of nitrogens with zero attached hydrogens (tertiary/aromatic N) is 1. The Balaban J connectivity index is 1.44. The van der Waals surface area contributed by atoms with E-state index in [-0.39, 0.29) is 40.5 Å². The molecule has 1 saturated heterocycles. The van der Waals surface area contributed by atoms with Crippen molar-refractivity contribution in [3.63, 3.8) is 0 Å². The fraction of sp³-hybridized carbons (Fsp3) is 0.192. The SMILES string of the molecule is CCOC(=O)c1cc(-c2ccc(/C=C3\SC(=O)N(CCOc4cccc(C)c4)C3=O)o2)ccc1Cl. The maximum Gasteiger partial charge on any atom is 0.339 e. The third-order valence-corrected chi connectivity index (χ3v) is 6.33. The van der Waals surface area contributed by atoms with Gasteiger partial charge in [-0.05, 0) is 73.6 Å². The van der Waals surface area contributed by atoms with Gasteiger partial charge in [0, 0.05) is 11.6 Å². The highest BCUT2D eigenvalue weighted by atomic mass is 35.5. The third-order valence-electron chi connectivity index (χ3n) is 5.09. The second kappa shape index (κ2) is 10.8. The first-order valence-electron chi connectivity index (χ1n) is 10.9. The molecule has 1 aliphatic rings. The Labute approximate surface area is 211 Å². The van der Waals surface area contributed by atoms with Crippen molar-refractivity contribution in [2.24, 2.45) is 0 Å². The van der Waals surface area contributed by atoms with Crippen LogP contribution in [0.25, 0.3) is 17.4 Å². The van der Waals surface area contributed by atoms with Gasteiger partial charge in [-0.2, -0.15) is 0 Å². The van der Waals surface area contributed by atoms with Gasteiger partial charge < -0.3 is 13.9 Å². The molecule has 0 aliphatic carbocycles. The van der Waals surface area contributed by atoms with Gasteiger partial charge in [0.2, 0.25) is 0 Å². The fourth-order valence-corrected chi connectivity index (χ4v) is 4.45. The molecule has 35 heavy (non-hydrogen) atoms. The van der Waals surface area contributed by atoms with Gasteiger partial charge in [0.25, 0.3) is 11.1 Å². The average molecular weight is 512 g/mol. The Hall–Kier alpha value is -3.49. The summed E-state index contributed by atoms with van der Waals surface area (Å²) in [5, 5.41) is -0.0864. The molecule has 0 radical (unpaired) electrons. The number of hydrogen-bond acceptors (Lipinski definition) is 7. The van der Waals surface area contributed by atoms with Crippen LogP contribution in [0.2, 0.25) is 5.02 Å². The van der Waals surface area contributed by atoms with E-state index < -0.39 is 11.9 Å². The molecule has 3 aromatic rings. The van der Waals surface area contributed by atoms with Crippen molar-refractivity contribution in [2.45, 2.75) is 13.8 Å². The molecule has 180 valence electrons. The van der Waals surface area contributed by atoms with Crippen LogP contribution in [0.1, 0.15) is 28.6 Å². The number of benzene rings is 2. The van der Waals surface area contributed by atoms with Crippen LogP contribution in [0.4, 0.5) is 4.79 Å². The summed E-state index contributed by atoms with van der Waals surface area (Å²) in [7, 11) is 0. The molecule has 2 amide bonds. The van der Waals surface area contributed by atoms with Crippen molar-refractivity contribution in [3.05, 3.63) is 81.4 Å². The second-order valence-corrected chi connectivity index (χ2v) is 9.02. The van der Waals surface area contributed by atoms with Gasteiger partial charge in [-0.25, -0.2) is 4.79 Å². The van der Waals surface area contributed by atoms with Gasteiger partial charge >= 0.3 is 5.97 Å². The lowest BCUT2D eigenvalue weighted by Crippen LogP contribution is -2.32. The average Bonchev–Trinajstić information content (AvgIpc) is 3.39. The molecule has 0 saturated carbocycles. The fourth-order valence-electron chi connectivity index (χ4n) is 3.41.